The molecule has 2 fully saturated rings. The van der Waals surface area contributed by atoms with E-state index in [0.29, 0.717) is 17.6 Å². The molecule has 33 heavy (non-hydrogen) atoms. The zero-order chi connectivity index (χ0) is 22.9. The zero-order valence-electron chi connectivity index (χ0n) is 19.7. The molecule has 0 bridgehead atoms. The van der Waals surface area contributed by atoms with Gasteiger partial charge in [-0.1, -0.05) is 37.8 Å². The van der Waals surface area contributed by atoms with Gasteiger partial charge < -0.3 is 25.2 Å². The molecule has 0 amide bonds. The number of thiocarbonyl (C=S) groups is 1. The van der Waals surface area contributed by atoms with Gasteiger partial charge in [-0.25, -0.2) is 0 Å². The molecule has 0 saturated carbocycles. The number of hydrogen-bond acceptors (Lipinski definition) is 6. The number of ether oxygens (including phenoxy) is 1. The van der Waals surface area contributed by atoms with Crippen molar-refractivity contribution in [2.24, 2.45) is 0 Å². The van der Waals surface area contributed by atoms with Gasteiger partial charge in [0, 0.05) is 38.8 Å². The average molecular weight is 469 g/mol. The van der Waals surface area contributed by atoms with E-state index in [4.69, 9.17) is 26.9 Å². The minimum atomic E-state index is 0.528. The zero-order valence-corrected chi connectivity index (χ0v) is 20.5. The van der Waals surface area contributed by atoms with E-state index in [1.165, 1.54) is 51.4 Å². The first-order chi connectivity index (χ1) is 16.2. The molecule has 3 heterocycles. The van der Waals surface area contributed by atoms with Crippen molar-refractivity contribution in [2.45, 2.75) is 57.9 Å². The summed E-state index contributed by atoms with van der Waals surface area (Å²) in [7, 11) is 1.67. The molecule has 0 unspecified atom stereocenters. The maximum atomic E-state index is 5.57. The number of hydrogen-bond donors (Lipinski definition) is 2. The number of benzene rings is 1. The highest BCUT2D eigenvalue weighted by atomic mass is 32.1. The van der Waals surface area contributed by atoms with Gasteiger partial charge in [0.2, 0.25) is 5.95 Å². The lowest BCUT2D eigenvalue weighted by atomic mass is 10.2. The van der Waals surface area contributed by atoms with E-state index in [1.807, 2.05) is 24.3 Å². The molecule has 7 nitrogen and oxygen atoms in total. The van der Waals surface area contributed by atoms with Crippen LogP contribution in [0.4, 0.5) is 17.6 Å². The maximum Gasteiger partial charge on any atom is 0.232 e. The highest BCUT2D eigenvalue weighted by Gasteiger charge is 2.18. The van der Waals surface area contributed by atoms with Crippen LogP contribution in [0.3, 0.4) is 0 Å². The first-order valence-electron chi connectivity index (χ1n) is 12.3. The Hall–Kier alpha value is -2.61. The highest BCUT2D eigenvalue weighted by molar-refractivity contribution is 7.80. The molecule has 8 heteroatoms. The minimum absolute atomic E-state index is 0.528. The van der Waals surface area contributed by atoms with Crippen LogP contribution < -0.4 is 25.2 Å². The van der Waals surface area contributed by atoms with Crippen LogP contribution in [-0.2, 0) is 6.54 Å². The minimum Gasteiger partial charge on any atom is -0.497 e. The van der Waals surface area contributed by atoms with Gasteiger partial charge in [-0.15, -0.1) is 0 Å². The second-order valence-corrected chi connectivity index (χ2v) is 9.27. The largest absolute Gasteiger partial charge is 0.497 e. The van der Waals surface area contributed by atoms with Gasteiger partial charge in [-0.05, 0) is 55.6 Å². The lowest BCUT2D eigenvalue weighted by Crippen LogP contribution is -2.31. The lowest BCUT2D eigenvalue weighted by molar-refractivity contribution is 0.414. The molecule has 1 aromatic carbocycles. The fourth-order valence-corrected chi connectivity index (χ4v) is 4.64. The van der Waals surface area contributed by atoms with Crippen molar-refractivity contribution >= 4 is 34.9 Å². The van der Waals surface area contributed by atoms with Gasteiger partial charge in [0.15, 0.2) is 5.11 Å². The van der Waals surface area contributed by atoms with Crippen molar-refractivity contribution in [3.05, 3.63) is 35.9 Å². The summed E-state index contributed by atoms with van der Waals surface area (Å²) >= 11 is 5.57. The van der Waals surface area contributed by atoms with Gasteiger partial charge in [0.05, 0.1) is 7.11 Å². The molecule has 2 aliphatic rings. The van der Waals surface area contributed by atoms with Crippen LogP contribution in [0.15, 0.2) is 30.3 Å². The van der Waals surface area contributed by atoms with E-state index >= 15 is 0 Å². The molecule has 0 aliphatic carbocycles. The number of aromatic nitrogens is 2. The number of anilines is 3. The third-order valence-electron chi connectivity index (χ3n) is 6.40. The van der Waals surface area contributed by atoms with Gasteiger partial charge in [0.1, 0.15) is 17.4 Å². The Labute approximate surface area is 202 Å². The van der Waals surface area contributed by atoms with Crippen LogP contribution in [0.25, 0.3) is 0 Å². The highest BCUT2D eigenvalue weighted by Crippen LogP contribution is 2.25. The number of nitrogens with zero attached hydrogens (tertiary/aromatic N) is 4. The molecule has 178 valence electrons. The van der Waals surface area contributed by atoms with Crippen molar-refractivity contribution in [1.82, 2.24) is 15.3 Å². The molecule has 1 aromatic heterocycles. The molecule has 2 N–H and O–H groups in total. The summed E-state index contributed by atoms with van der Waals surface area (Å²) in [5.74, 6) is 3.43. The number of nitrogens with one attached hydrogen (secondary N) is 2. The lowest BCUT2D eigenvalue weighted by Gasteiger charge is -2.26. The molecule has 2 aromatic rings. The average Bonchev–Trinajstić information content (AvgIpc) is 3.29. The molecule has 2 saturated heterocycles. The van der Waals surface area contributed by atoms with Crippen molar-refractivity contribution in [2.75, 3.05) is 48.4 Å². The summed E-state index contributed by atoms with van der Waals surface area (Å²) in [6.45, 7) is 4.83. The first-order valence-corrected chi connectivity index (χ1v) is 12.7. The molecular formula is C25H36N6OS. The van der Waals surface area contributed by atoms with Crippen molar-refractivity contribution in [3.63, 3.8) is 0 Å². The smallest absolute Gasteiger partial charge is 0.232 e. The standard InChI is InChI=1S/C25H36N6OS/c1-32-21-12-10-20(11-13-21)19-26-25(33)29-24-27-22(30-14-6-2-3-7-15-30)18-23(28-24)31-16-8-4-5-9-17-31/h10-13,18H,2-9,14-17,19H2,1H3,(H2,26,27,28,29,33). The Morgan fingerprint density at radius 1 is 0.848 bits per heavy atom. The summed E-state index contributed by atoms with van der Waals surface area (Å²) in [5.41, 5.74) is 1.13. The summed E-state index contributed by atoms with van der Waals surface area (Å²) in [5, 5.41) is 7.05. The van der Waals surface area contributed by atoms with Crippen molar-refractivity contribution in [3.8, 4) is 5.75 Å². The third-order valence-corrected chi connectivity index (χ3v) is 6.64. The normalized spacial score (nSPS) is 17.1. The van der Waals surface area contributed by atoms with Gasteiger partial charge in [-0.3, -0.25) is 0 Å². The van der Waals surface area contributed by atoms with Crippen LogP contribution in [0.1, 0.15) is 56.9 Å². The van der Waals surface area contributed by atoms with Crippen LogP contribution in [0, 0.1) is 0 Å². The van der Waals surface area contributed by atoms with Crippen LogP contribution in [-0.4, -0.2) is 48.4 Å². The van der Waals surface area contributed by atoms with Crippen LogP contribution in [0.5, 0.6) is 5.75 Å². The molecular weight excluding hydrogens is 432 g/mol. The Balaban J connectivity index is 1.47. The maximum absolute atomic E-state index is 5.57. The van der Waals surface area contributed by atoms with E-state index in [9.17, 15) is 0 Å². The summed E-state index contributed by atoms with van der Waals surface area (Å²) in [4.78, 5) is 14.6. The van der Waals surface area contributed by atoms with Crippen LogP contribution in [0.2, 0.25) is 0 Å². The number of methoxy groups -OCH3 is 1. The van der Waals surface area contributed by atoms with E-state index in [0.717, 1.165) is 49.1 Å². The topological polar surface area (TPSA) is 65.6 Å². The van der Waals surface area contributed by atoms with E-state index in [2.05, 4.69) is 26.5 Å². The van der Waals surface area contributed by atoms with Crippen LogP contribution >= 0.6 is 12.2 Å². The predicted octanol–water partition coefficient (Wildman–Crippen LogP) is 4.73. The van der Waals surface area contributed by atoms with Gasteiger partial charge in [-0.2, -0.15) is 9.97 Å². The Kier molecular flexibility index (Phi) is 8.58. The summed E-state index contributed by atoms with van der Waals surface area (Å²) < 4.78 is 5.23. The van der Waals surface area contributed by atoms with E-state index in [1.54, 1.807) is 7.11 Å². The predicted molar refractivity (Wildman–Crippen MR) is 139 cm³/mol. The van der Waals surface area contributed by atoms with E-state index < -0.39 is 0 Å². The number of rotatable bonds is 6. The van der Waals surface area contributed by atoms with Crippen molar-refractivity contribution in [1.29, 1.82) is 0 Å². The third kappa shape index (κ3) is 6.93. The molecule has 4 rings (SSSR count). The second kappa shape index (κ2) is 12.0. The summed E-state index contributed by atoms with van der Waals surface area (Å²) in [6, 6.07) is 10.1. The molecule has 2 aliphatic heterocycles. The Morgan fingerprint density at radius 2 is 1.36 bits per heavy atom. The van der Waals surface area contributed by atoms with E-state index in [-0.39, 0.29) is 0 Å². The van der Waals surface area contributed by atoms with Crippen molar-refractivity contribution < 1.29 is 4.74 Å². The van der Waals surface area contributed by atoms with Gasteiger partial charge >= 0.3 is 0 Å². The first kappa shape index (κ1) is 23.5. The Morgan fingerprint density at radius 3 is 1.85 bits per heavy atom. The fraction of sp³-hybridized carbons (Fsp3) is 0.560. The quantitative estimate of drug-likeness (QED) is 0.590. The molecule has 0 radical (unpaired) electrons. The second-order valence-electron chi connectivity index (χ2n) is 8.87. The fourth-order valence-electron chi connectivity index (χ4n) is 4.47. The molecule has 0 atom stereocenters. The SMILES string of the molecule is COc1ccc(CNC(=S)Nc2nc(N3CCCCCC3)cc(N3CCCCCC3)n2)cc1. The Bertz CT molecular complexity index is 852. The molecule has 0 spiro atoms. The summed E-state index contributed by atoms with van der Waals surface area (Å²) in [6.07, 6.45) is 10.1. The monoisotopic (exact) mass is 468 g/mol. The van der Waals surface area contributed by atoms with Gasteiger partial charge in [0.25, 0.3) is 0 Å².